The summed E-state index contributed by atoms with van der Waals surface area (Å²) in [7, 11) is -7.66. The smallest absolute Gasteiger partial charge is 0.241 e. The van der Waals surface area contributed by atoms with Gasteiger partial charge in [0.2, 0.25) is 10.0 Å². The van der Waals surface area contributed by atoms with Crippen LogP contribution < -0.4 is 15.3 Å². The van der Waals surface area contributed by atoms with Gasteiger partial charge >= 0.3 is 0 Å². The van der Waals surface area contributed by atoms with Crippen molar-refractivity contribution in [2.75, 3.05) is 0 Å². The van der Waals surface area contributed by atoms with E-state index in [9.17, 15) is 17.4 Å². The van der Waals surface area contributed by atoms with Crippen LogP contribution in [0.25, 0.3) is 0 Å². The Morgan fingerprint density at radius 3 is 1.70 bits per heavy atom. The van der Waals surface area contributed by atoms with Gasteiger partial charge in [-0.3, -0.25) is 0 Å². The SMILES string of the molecule is Cc1ccc(S(=O)(=O)N[C@@H](c2ccc(F)cc2)P(=O)(c2ccccc2)c2ccccc2)cc1. The van der Waals surface area contributed by atoms with Crippen molar-refractivity contribution in [3.05, 3.63) is 126 Å². The highest BCUT2D eigenvalue weighted by molar-refractivity contribution is 7.90. The first-order valence-corrected chi connectivity index (χ1v) is 13.6. The van der Waals surface area contributed by atoms with Crippen LogP contribution in [0.15, 0.2) is 114 Å². The van der Waals surface area contributed by atoms with Crippen molar-refractivity contribution in [2.45, 2.75) is 17.6 Å². The van der Waals surface area contributed by atoms with Gasteiger partial charge in [-0.1, -0.05) is 90.5 Å². The van der Waals surface area contributed by atoms with Gasteiger partial charge < -0.3 is 4.57 Å². The van der Waals surface area contributed by atoms with Crippen LogP contribution in [0.1, 0.15) is 16.9 Å². The first-order chi connectivity index (χ1) is 15.8. The third kappa shape index (κ3) is 4.83. The van der Waals surface area contributed by atoms with Crippen LogP contribution in [0.3, 0.4) is 0 Å². The predicted molar refractivity (Wildman–Crippen MR) is 130 cm³/mol. The van der Waals surface area contributed by atoms with Crippen molar-refractivity contribution in [1.82, 2.24) is 4.72 Å². The number of hydrogen-bond acceptors (Lipinski definition) is 3. The summed E-state index contributed by atoms with van der Waals surface area (Å²) in [5, 5.41) is 0.995. The van der Waals surface area contributed by atoms with E-state index in [4.69, 9.17) is 0 Å². The summed E-state index contributed by atoms with van der Waals surface area (Å²) in [6.07, 6.45) is 0. The number of nitrogens with one attached hydrogen (secondary N) is 1. The summed E-state index contributed by atoms with van der Waals surface area (Å²) >= 11 is 0. The average molecular weight is 480 g/mol. The van der Waals surface area contributed by atoms with E-state index < -0.39 is 28.8 Å². The van der Waals surface area contributed by atoms with Crippen molar-refractivity contribution in [2.24, 2.45) is 0 Å². The van der Waals surface area contributed by atoms with Crippen molar-refractivity contribution in [1.29, 1.82) is 0 Å². The molecule has 4 aromatic carbocycles. The molecule has 0 radical (unpaired) electrons. The fourth-order valence-electron chi connectivity index (χ4n) is 3.68. The average Bonchev–Trinajstić information content (AvgIpc) is 2.84. The molecule has 4 rings (SSSR count). The molecule has 0 aliphatic rings. The fraction of sp³-hybridized carbons (Fsp3) is 0.0769. The molecule has 7 heteroatoms. The topological polar surface area (TPSA) is 63.2 Å². The second kappa shape index (κ2) is 9.44. The van der Waals surface area contributed by atoms with Gasteiger partial charge in [0.1, 0.15) is 11.6 Å². The molecule has 4 nitrogen and oxygen atoms in total. The highest BCUT2D eigenvalue weighted by atomic mass is 32.2. The third-order valence-corrected chi connectivity index (χ3v) is 10.3. The zero-order chi connectivity index (χ0) is 23.5. The Morgan fingerprint density at radius 2 is 1.21 bits per heavy atom. The molecular formula is C26H23FNO3PS. The number of halogens is 1. The van der Waals surface area contributed by atoms with Crippen LogP contribution >= 0.6 is 7.14 Å². The second-order valence-electron chi connectivity index (χ2n) is 7.72. The van der Waals surface area contributed by atoms with Crippen molar-refractivity contribution in [3.63, 3.8) is 0 Å². The number of aryl methyl sites for hydroxylation is 1. The predicted octanol–water partition coefficient (Wildman–Crippen LogP) is 5.13. The Hall–Kier alpha value is -3.05. The molecule has 0 spiro atoms. The van der Waals surface area contributed by atoms with Gasteiger partial charge in [0, 0.05) is 10.6 Å². The maximum Gasteiger partial charge on any atom is 0.241 e. The van der Waals surface area contributed by atoms with Gasteiger partial charge in [0.05, 0.1) is 4.90 Å². The summed E-state index contributed by atoms with van der Waals surface area (Å²) in [5.74, 6) is -1.61. The van der Waals surface area contributed by atoms with Gasteiger partial charge in [-0.05, 0) is 36.8 Å². The van der Waals surface area contributed by atoms with Crippen LogP contribution in [0.5, 0.6) is 0 Å². The van der Waals surface area contributed by atoms with Crippen molar-refractivity contribution in [3.8, 4) is 0 Å². The molecular weight excluding hydrogens is 456 g/mol. The molecule has 1 atom stereocenters. The van der Waals surface area contributed by atoms with Gasteiger partial charge in [0.25, 0.3) is 0 Å². The third-order valence-electron chi connectivity index (χ3n) is 5.43. The molecule has 4 aromatic rings. The van der Waals surface area contributed by atoms with Crippen LogP contribution in [-0.2, 0) is 14.6 Å². The van der Waals surface area contributed by atoms with Crippen molar-refractivity contribution < 1.29 is 17.4 Å². The van der Waals surface area contributed by atoms with Crippen LogP contribution in [0.4, 0.5) is 4.39 Å². The number of hydrogen-bond donors (Lipinski definition) is 1. The van der Waals surface area contributed by atoms with E-state index in [-0.39, 0.29) is 4.90 Å². The Balaban J connectivity index is 1.93. The van der Waals surface area contributed by atoms with E-state index in [0.717, 1.165) is 5.56 Å². The van der Waals surface area contributed by atoms with Gasteiger partial charge in [-0.15, -0.1) is 0 Å². The molecule has 0 heterocycles. The monoisotopic (exact) mass is 479 g/mol. The fourth-order valence-corrected chi connectivity index (χ4v) is 8.46. The zero-order valence-electron chi connectivity index (χ0n) is 17.9. The molecule has 0 amide bonds. The highest BCUT2D eigenvalue weighted by Gasteiger charge is 2.40. The number of benzene rings is 4. The van der Waals surface area contributed by atoms with Gasteiger partial charge in [0.15, 0.2) is 7.14 Å². The summed E-state index contributed by atoms with van der Waals surface area (Å²) in [6, 6.07) is 29.4. The molecule has 0 unspecified atom stereocenters. The number of rotatable bonds is 7. The summed E-state index contributed by atoms with van der Waals surface area (Å²) in [6.45, 7) is 1.87. The summed E-state index contributed by atoms with van der Waals surface area (Å²) in [5.41, 5.74) is 1.33. The molecule has 0 bridgehead atoms. The van der Waals surface area contributed by atoms with Gasteiger partial charge in [-0.25, -0.2) is 12.8 Å². The second-order valence-corrected chi connectivity index (χ2v) is 12.3. The highest BCUT2D eigenvalue weighted by Crippen LogP contribution is 2.56. The first-order valence-electron chi connectivity index (χ1n) is 10.4. The van der Waals surface area contributed by atoms with E-state index in [0.29, 0.717) is 16.2 Å². The van der Waals surface area contributed by atoms with Crippen LogP contribution in [-0.4, -0.2) is 8.42 Å². The quantitative estimate of drug-likeness (QED) is 0.374. The Kier molecular flexibility index (Phi) is 6.61. The summed E-state index contributed by atoms with van der Waals surface area (Å²) < 4.78 is 58.2. The molecule has 0 fully saturated rings. The Labute approximate surface area is 193 Å². The first kappa shape index (κ1) is 23.1. The minimum Gasteiger partial charge on any atom is -0.312 e. The molecule has 168 valence electrons. The lowest BCUT2D eigenvalue weighted by atomic mass is 10.2. The minimum atomic E-state index is -4.05. The normalized spacial score (nSPS) is 12.9. The lowest BCUT2D eigenvalue weighted by Gasteiger charge is -2.30. The zero-order valence-corrected chi connectivity index (χ0v) is 19.6. The molecule has 1 N–H and O–H groups in total. The lowest BCUT2D eigenvalue weighted by molar-refractivity contribution is 0.560. The Morgan fingerprint density at radius 1 is 0.727 bits per heavy atom. The molecule has 0 saturated carbocycles. The minimum absolute atomic E-state index is 0.0629. The van der Waals surface area contributed by atoms with Crippen LogP contribution in [0, 0.1) is 12.7 Å². The maximum absolute atomic E-state index is 14.9. The van der Waals surface area contributed by atoms with Crippen LogP contribution in [0.2, 0.25) is 0 Å². The largest absolute Gasteiger partial charge is 0.312 e. The molecule has 0 aliphatic carbocycles. The molecule has 33 heavy (non-hydrogen) atoms. The lowest BCUT2D eigenvalue weighted by Crippen LogP contribution is -2.34. The molecule has 0 aromatic heterocycles. The van der Waals surface area contributed by atoms with E-state index in [1.54, 1.807) is 60.7 Å². The Bertz CT molecular complexity index is 1330. The van der Waals surface area contributed by atoms with Crippen molar-refractivity contribution >= 4 is 27.8 Å². The number of sulfonamides is 1. The van der Waals surface area contributed by atoms with Gasteiger partial charge in [-0.2, -0.15) is 4.72 Å². The van der Waals surface area contributed by atoms with E-state index in [2.05, 4.69) is 4.72 Å². The molecule has 0 aliphatic heterocycles. The standard InChI is InChI=1S/C26H23FNO3PS/c1-20-12-18-25(19-13-20)33(30,31)28-26(21-14-16-22(27)17-15-21)32(29,23-8-4-2-5-9-23)24-10-6-3-7-11-24/h2-19,26,28H,1H3/t26-/m1/s1. The van der Waals surface area contributed by atoms with E-state index in [1.165, 1.54) is 36.4 Å². The van der Waals surface area contributed by atoms with E-state index >= 15 is 0 Å². The van der Waals surface area contributed by atoms with E-state index in [1.807, 2.05) is 19.1 Å². The summed E-state index contributed by atoms with van der Waals surface area (Å²) in [4.78, 5) is 0.0629. The maximum atomic E-state index is 14.9. The molecule has 0 saturated heterocycles.